The van der Waals surface area contributed by atoms with Gasteiger partial charge in [-0.15, -0.1) is 11.8 Å². The largest absolute Gasteiger partial charge is 0.477 e. The number of nitrogens with one attached hydrogen (secondary N) is 1. The van der Waals surface area contributed by atoms with Crippen molar-refractivity contribution in [3.05, 3.63) is 21.7 Å². The average Bonchev–Trinajstić information content (AvgIpc) is 2.55. The predicted molar refractivity (Wildman–Crippen MR) is 83.4 cm³/mol. The molecule has 2 aliphatic heterocycles. The molecule has 2 aliphatic rings. The van der Waals surface area contributed by atoms with E-state index < -0.39 is 28.9 Å². The minimum Gasteiger partial charge on any atom is -0.477 e. The van der Waals surface area contributed by atoms with Crippen molar-refractivity contribution >= 4 is 45.5 Å². The molecule has 0 saturated carbocycles. The number of azide groups is 1. The highest BCUT2D eigenvalue weighted by Crippen LogP contribution is 2.46. The molecule has 2 heterocycles. The number of aliphatic carboxylic acids is 1. The van der Waals surface area contributed by atoms with Gasteiger partial charge in [0.25, 0.3) is 11.6 Å². The van der Waals surface area contributed by atoms with Gasteiger partial charge in [-0.25, -0.2) is 4.79 Å². The van der Waals surface area contributed by atoms with Gasteiger partial charge in [0.15, 0.2) is 0 Å². The Morgan fingerprint density at radius 2 is 2.39 bits per heavy atom. The molecule has 2 rings (SSSR count). The quantitative estimate of drug-likeness (QED) is 0.163. The van der Waals surface area contributed by atoms with Crippen LogP contribution in [0.5, 0.6) is 0 Å². The SMILES string of the molecule is CO[C@@]1(NC(=O)CBr)C(=O)N2C(C(=O)O)=C(CN=[N+]=[N-])CS[C@@H]21. The van der Waals surface area contributed by atoms with Gasteiger partial charge in [-0.05, 0) is 11.1 Å². The first-order valence-electron chi connectivity index (χ1n) is 6.26. The molecule has 2 amide bonds. The molecule has 2 N–H and O–H groups in total. The van der Waals surface area contributed by atoms with Crippen LogP contribution in [0.4, 0.5) is 0 Å². The van der Waals surface area contributed by atoms with Crippen LogP contribution in [0, 0.1) is 0 Å². The topological polar surface area (TPSA) is 145 Å². The number of alkyl halides is 1. The average molecular weight is 406 g/mol. The number of carbonyl (C=O) groups is 3. The number of ether oxygens (including phenoxy) is 1. The number of amides is 2. The zero-order valence-corrected chi connectivity index (χ0v) is 14.3. The fourth-order valence-electron chi connectivity index (χ4n) is 2.42. The van der Waals surface area contributed by atoms with Gasteiger partial charge in [-0.1, -0.05) is 21.0 Å². The highest BCUT2D eigenvalue weighted by atomic mass is 79.9. The molecular formula is C11H12BrN5O5S. The normalized spacial score (nSPS) is 26.1. The molecule has 23 heavy (non-hydrogen) atoms. The molecule has 0 radical (unpaired) electrons. The summed E-state index contributed by atoms with van der Waals surface area (Å²) in [6.07, 6.45) is 0. The van der Waals surface area contributed by atoms with Crippen molar-refractivity contribution in [3.63, 3.8) is 0 Å². The van der Waals surface area contributed by atoms with Crippen LogP contribution < -0.4 is 5.32 Å². The van der Waals surface area contributed by atoms with Crippen molar-refractivity contribution in [2.45, 2.75) is 11.1 Å². The molecule has 0 aromatic carbocycles. The zero-order chi connectivity index (χ0) is 17.2. The van der Waals surface area contributed by atoms with Gasteiger partial charge in [-0.3, -0.25) is 14.5 Å². The van der Waals surface area contributed by atoms with Gasteiger partial charge in [0, 0.05) is 17.8 Å². The Balaban J connectivity index is 2.38. The van der Waals surface area contributed by atoms with Crippen molar-refractivity contribution < 1.29 is 24.2 Å². The lowest BCUT2D eigenvalue weighted by atomic mass is 9.98. The zero-order valence-electron chi connectivity index (χ0n) is 11.9. The van der Waals surface area contributed by atoms with E-state index in [4.69, 9.17) is 10.3 Å². The number of hydrogen-bond acceptors (Lipinski definition) is 6. The highest BCUT2D eigenvalue weighted by molar-refractivity contribution is 9.09. The summed E-state index contributed by atoms with van der Waals surface area (Å²) in [7, 11) is 1.27. The number of β-lactam (4-membered cyclic amide) rings is 1. The summed E-state index contributed by atoms with van der Waals surface area (Å²) in [4.78, 5) is 39.3. The van der Waals surface area contributed by atoms with Crippen molar-refractivity contribution in [1.29, 1.82) is 0 Å². The Hall–Kier alpha value is -1.75. The van der Waals surface area contributed by atoms with Gasteiger partial charge in [0.2, 0.25) is 5.91 Å². The molecule has 0 aliphatic carbocycles. The van der Waals surface area contributed by atoms with Crippen LogP contribution in [0.15, 0.2) is 16.4 Å². The van der Waals surface area contributed by atoms with E-state index in [1.54, 1.807) is 0 Å². The molecule has 10 nitrogen and oxygen atoms in total. The number of methoxy groups -OCH3 is 1. The lowest BCUT2D eigenvalue weighted by Gasteiger charge is -2.55. The third-order valence-corrected chi connectivity index (χ3v) is 5.29. The van der Waals surface area contributed by atoms with Crippen LogP contribution in [0.2, 0.25) is 0 Å². The second kappa shape index (κ2) is 6.79. The summed E-state index contributed by atoms with van der Waals surface area (Å²) < 4.78 is 5.21. The molecule has 2 atom stereocenters. The van der Waals surface area contributed by atoms with Crippen LogP contribution in [0.3, 0.4) is 0 Å². The molecule has 0 unspecified atom stereocenters. The fraction of sp³-hybridized carbons (Fsp3) is 0.545. The summed E-state index contributed by atoms with van der Waals surface area (Å²) in [5.41, 5.74) is 6.89. The lowest BCUT2D eigenvalue weighted by Crippen LogP contribution is -2.80. The smallest absolute Gasteiger partial charge is 0.352 e. The van der Waals surface area contributed by atoms with Gasteiger partial charge in [0.05, 0.1) is 11.9 Å². The predicted octanol–water partition coefficient (Wildman–Crippen LogP) is 0.404. The number of thioether (sulfide) groups is 1. The maximum Gasteiger partial charge on any atom is 0.352 e. The van der Waals surface area contributed by atoms with E-state index in [-0.39, 0.29) is 23.3 Å². The molecule has 0 bridgehead atoms. The van der Waals surface area contributed by atoms with Crippen molar-refractivity contribution in [3.8, 4) is 0 Å². The number of nitrogens with zero attached hydrogens (tertiary/aromatic N) is 4. The summed E-state index contributed by atoms with van der Waals surface area (Å²) >= 11 is 4.21. The van der Waals surface area contributed by atoms with Gasteiger partial charge >= 0.3 is 5.97 Å². The van der Waals surface area contributed by atoms with Crippen molar-refractivity contribution in [1.82, 2.24) is 10.2 Å². The minimum absolute atomic E-state index is 0.0213. The minimum atomic E-state index is -1.60. The second-order valence-corrected chi connectivity index (χ2v) is 6.24. The number of halogens is 1. The van der Waals surface area contributed by atoms with Crippen LogP contribution in [0.1, 0.15) is 0 Å². The van der Waals surface area contributed by atoms with Gasteiger partial charge < -0.3 is 15.2 Å². The maximum absolute atomic E-state index is 12.5. The fourth-order valence-corrected chi connectivity index (χ4v) is 3.99. The summed E-state index contributed by atoms with van der Waals surface area (Å²) in [6.45, 7) is -0.143. The Morgan fingerprint density at radius 1 is 1.70 bits per heavy atom. The Kier molecular flexibility index (Phi) is 5.19. The van der Waals surface area contributed by atoms with E-state index in [1.165, 1.54) is 18.9 Å². The number of carboxylic acids is 1. The highest BCUT2D eigenvalue weighted by Gasteiger charge is 2.66. The van der Waals surface area contributed by atoms with Crippen LogP contribution >= 0.6 is 27.7 Å². The lowest BCUT2D eigenvalue weighted by molar-refractivity contribution is -0.192. The van der Waals surface area contributed by atoms with Gasteiger partial charge in [-0.2, -0.15) is 0 Å². The molecule has 1 fully saturated rings. The first kappa shape index (κ1) is 17.6. The Labute approximate surface area is 143 Å². The second-order valence-electron chi connectivity index (χ2n) is 4.61. The third kappa shape index (κ3) is 2.78. The molecule has 0 spiro atoms. The number of carboxylic acid groups (broad SMARTS) is 1. The first-order chi connectivity index (χ1) is 10.9. The molecule has 0 aromatic heterocycles. The van der Waals surface area contributed by atoms with Crippen LogP contribution in [-0.4, -0.2) is 63.6 Å². The number of hydrogen-bond donors (Lipinski definition) is 2. The number of rotatable bonds is 6. The molecule has 12 heteroatoms. The van der Waals surface area contributed by atoms with E-state index in [0.29, 0.717) is 5.57 Å². The molecule has 124 valence electrons. The standard InChI is InChI=1S/C11H12BrN5O5S/c1-22-11(15-6(18)2-12)9(21)17-7(8(19)20)5(3-14-16-13)4-23-10(11)17/h10H,2-4H2,1H3,(H,15,18)(H,19,20)/t10-,11+/m1/s1. The Bertz CT molecular complexity index is 649. The Morgan fingerprint density at radius 3 is 2.91 bits per heavy atom. The third-order valence-electron chi connectivity index (χ3n) is 3.41. The van der Waals surface area contributed by atoms with Gasteiger partial charge in [0.1, 0.15) is 11.1 Å². The maximum atomic E-state index is 12.5. The van der Waals surface area contributed by atoms with E-state index in [0.717, 1.165) is 4.90 Å². The number of carbonyl (C=O) groups excluding carboxylic acids is 2. The van der Waals surface area contributed by atoms with E-state index in [1.807, 2.05) is 0 Å². The van der Waals surface area contributed by atoms with E-state index in [2.05, 4.69) is 31.3 Å². The summed E-state index contributed by atoms with van der Waals surface area (Å²) in [5.74, 6) is -2.20. The van der Waals surface area contributed by atoms with E-state index in [9.17, 15) is 19.5 Å². The monoisotopic (exact) mass is 405 g/mol. The molecule has 1 saturated heterocycles. The number of fused-ring (bicyclic) bond motifs is 1. The molecule has 0 aromatic rings. The van der Waals surface area contributed by atoms with Crippen molar-refractivity contribution in [2.24, 2.45) is 5.11 Å². The first-order valence-corrected chi connectivity index (χ1v) is 8.43. The summed E-state index contributed by atoms with van der Waals surface area (Å²) in [5, 5.41) is 14.5. The van der Waals surface area contributed by atoms with Crippen molar-refractivity contribution in [2.75, 3.05) is 24.7 Å². The summed E-state index contributed by atoms with van der Waals surface area (Å²) in [6, 6.07) is 0. The van der Waals surface area contributed by atoms with Crippen LogP contribution in [-0.2, 0) is 19.1 Å². The van der Waals surface area contributed by atoms with E-state index >= 15 is 0 Å². The van der Waals surface area contributed by atoms with Crippen LogP contribution in [0.25, 0.3) is 10.4 Å². The molecular weight excluding hydrogens is 394 g/mol.